The first-order valence-corrected chi connectivity index (χ1v) is 15.7. The van der Waals surface area contributed by atoms with Gasteiger partial charge in [-0.3, -0.25) is 9.59 Å². The number of likely N-dealkylation sites (N-methyl/N-ethyl adjacent to an activating group) is 1. The minimum Gasteiger partial charge on any atom is -0.491 e. The quantitative estimate of drug-likeness (QED) is 0.452. The van der Waals surface area contributed by atoms with Gasteiger partial charge in [0.25, 0.3) is 11.8 Å². The topological polar surface area (TPSA) is 62.3 Å². The fourth-order valence-electron chi connectivity index (χ4n) is 6.82. The number of aryl methyl sites for hydroxylation is 1. The summed E-state index contributed by atoms with van der Waals surface area (Å²) in [5.41, 5.74) is 2.97. The standard InChI is InChI=1S/C34H47N3O4/c1-4-23-40-31-15-14-28(24-29(31)36-19-9-10-20-36)33(39)37-21-17-34(18-22-37)16-8-7-12-27-11-5-6-13-30(27)41-26(2)32(38)35(3)25-34/h5-6,11,13-15,24,26H,4,7-10,12,16-23,25H2,1-3H3/t26-/m1/s1. The molecule has 41 heavy (non-hydrogen) atoms. The lowest BCUT2D eigenvalue weighted by Gasteiger charge is -2.44. The number of piperidine rings is 1. The number of para-hydroxylation sites is 1. The van der Waals surface area contributed by atoms with Gasteiger partial charge in [-0.2, -0.15) is 0 Å². The lowest BCUT2D eigenvalue weighted by molar-refractivity contribution is -0.138. The van der Waals surface area contributed by atoms with Crippen molar-refractivity contribution in [2.24, 2.45) is 5.41 Å². The fraction of sp³-hybridized carbons (Fsp3) is 0.588. The van der Waals surface area contributed by atoms with Gasteiger partial charge in [0, 0.05) is 45.3 Å². The van der Waals surface area contributed by atoms with E-state index < -0.39 is 6.10 Å². The average molecular weight is 562 g/mol. The first kappa shape index (κ1) is 29.3. The second-order valence-electron chi connectivity index (χ2n) is 12.3. The summed E-state index contributed by atoms with van der Waals surface area (Å²) in [4.78, 5) is 33.3. The smallest absolute Gasteiger partial charge is 0.263 e. The summed E-state index contributed by atoms with van der Waals surface area (Å²) in [5.74, 6) is 1.81. The molecule has 222 valence electrons. The molecule has 5 rings (SSSR count). The third kappa shape index (κ3) is 6.82. The number of hydrogen-bond donors (Lipinski definition) is 0. The van der Waals surface area contributed by atoms with Gasteiger partial charge in [0.2, 0.25) is 0 Å². The lowest BCUT2D eigenvalue weighted by Crippen LogP contribution is -2.50. The highest BCUT2D eigenvalue weighted by Crippen LogP contribution is 2.39. The van der Waals surface area contributed by atoms with Crippen LogP contribution in [0.5, 0.6) is 11.5 Å². The number of hydrogen-bond acceptors (Lipinski definition) is 5. The molecule has 1 atom stereocenters. The summed E-state index contributed by atoms with van der Waals surface area (Å²) in [6.45, 7) is 8.78. The molecule has 7 heteroatoms. The van der Waals surface area contributed by atoms with E-state index in [2.05, 4.69) is 17.9 Å². The number of carbonyl (C=O) groups is 2. The van der Waals surface area contributed by atoms with Crippen molar-refractivity contribution in [2.45, 2.75) is 77.7 Å². The van der Waals surface area contributed by atoms with E-state index >= 15 is 0 Å². The van der Waals surface area contributed by atoms with Gasteiger partial charge >= 0.3 is 0 Å². The summed E-state index contributed by atoms with van der Waals surface area (Å²) in [5, 5.41) is 0. The van der Waals surface area contributed by atoms with Crippen LogP contribution in [-0.4, -0.2) is 74.1 Å². The normalized spacial score (nSPS) is 21.6. The molecule has 7 nitrogen and oxygen atoms in total. The van der Waals surface area contributed by atoms with Crippen LogP contribution >= 0.6 is 0 Å². The summed E-state index contributed by atoms with van der Waals surface area (Å²) >= 11 is 0. The van der Waals surface area contributed by atoms with Gasteiger partial charge in [0.05, 0.1) is 12.3 Å². The van der Waals surface area contributed by atoms with Crippen LogP contribution in [0.3, 0.4) is 0 Å². The monoisotopic (exact) mass is 561 g/mol. The molecule has 0 bridgehead atoms. The third-order valence-corrected chi connectivity index (χ3v) is 9.20. The molecule has 0 saturated carbocycles. The van der Waals surface area contributed by atoms with E-state index in [-0.39, 0.29) is 17.2 Å². The second-order valence-corrected chi connectivity index (χ2v) is 12.3. The first-order valence-electron chi connectivity index (χ1n) is 15.7. The Bertz CT molecular complexity index is 1200. The SMILES string of the molecule is CCCOc1ccc(C(=O)N2CCC3(CCCCc4ccccc4O[C@H](C)C(=O)N(C)C3)CC2)cc1N1CCCC1. The molecule has 0 unspecified atom stereocenters. The number of fused-ring (bicyclic) bond motifs is 1. The van der Waals surface area contributed by atoms with Crippen LogP contribution < -0.4 is 14.4 Å². The number of rotatable bonds is 5. The van der Waals surface area contributed by atoms with Crippen LogP contribution in [0, 0.1) is 5.41 Å². The molecule has 3 heterocycles. The van der Waals surface area contributed by atoms with Gasteiger partial charge in [-0.25, -0.2) is 0 Å². The lowest BCUT2D eigenvalue weighted by atomic mass is 9.73. The minimum absolute atomic E-state index is 0.0121. The molecule has 0 aliphatic carbocycles. The van der Waals surface area contributed by atoms with Gasteiger partial charge in [-0.1, -0.05) is 31.5 Å². The summed E-state index contributed by atoms with van der Waals surface area (Å²) < 4.78 is 12.2. The number of anilines is 1. The van der Waals surface area contributed by atoms with E-state index in [9.17, 15) is 9.59 Å². The third-order valence-electron chi connectivity index (χ3n) is 9.20. The van der Waals surface area contributed by atoms with Crippen molar-refractivity contribution in [3.05, 3.63) is 53.6 Å². The zero-order valence-electron chi connectivity index (χ0n) is 25.2. The predicted molar refractivity (Wildman–Crippen MR) is 163 cm³/mol. The van der Waals surface area contributed by atoms with Crippen molar-refractivity contribution < 1.29 is 19.1 Å². The Balaban J connectivity index is 1.28. The molecular weight excluding hydrogens is 514 g/mol. The molecule has 0 N–H and O–H groups in total. The van der Waals surface area contributed by atoms with Gasteiger partial charge < -0.3 is 24.2 Å². The summed E-state index contributed by atoms with van der Waals surface area (Å²) in [7, 11) is 1.90. The second kappa shape index (κ2) is 13.2. The Morgan fingerprint density at radius 2 is 1.76 bits per heavy atom. The molecule has 2 aromatic rings. The number of amides is 2. The molecule has 0 aromatic heterocycles. The molecule has 3 aliphatic rings. The Morgan fingerprint density at radius 1 is 1.00 bits per heavy atom. The number of benzene rings is 2. The van der Waals surface area contributed by atoms with Crippen LogP contribution in [-0.2, 0) is 11.2 Å². The van der Waals surface area contributed by atoms with E-state index in [1.165, 1.54) is 18.4 Å². The molecule has 0 radical (unpaired) electrons. The van der Waals surface area contributed by atoms with Gasteiger partial charge in [0.1, 0.15) is 11.5 Å². The molecular formula is C34H47N3O4. The van der Waals surface area contributed by atoms with Gasteiger partial charge in [-0.15, -0.1) is 0 Å². The number of carbonyl (C=O) groups excluding carboxylic acids is 2. The van der Waals surface area contributed by atoms with Crippen molar-refractivity contribution >= 4 is 17.5 Å². The summed E-state index contributed by atoms with van der Waals surface area (Å²) in [6, 6.07) is 14.1. The molecule has 2 aromatic carbocycles. The van der Waals surface area contributed by atoms with E-state index in [0.717, 1.165) is 80.8 Å². The largest absolute Gasteiger partial charge is 0.491 e. The number of likely N-dealkylation sites (tertiary alicyclic amines) is 1. The van der Waals surface area contributed by atoms with Crippen LogP contribution in [0.2, 0.25) is 0 Å². The van der Waals surface area contributed by atoms with Crippen molar-refractivity contribution in [2.75, 3.05) is 51.3 Å². The Morgan fingerprint density at radius 3 is 2.51 bits per heavy atom. The Hall–Kier alpha value is -3.22. The van der Waals surface area contributed by atoms with Crippen molar-refractivity contribution in [1.82, 2.24) is 9.80 Å². The van der Waals surface area contributed by atoms with Gasteiger partial charge in [-0.05, 0) is 93.5 Å². The first-order chi connectivity index (χ1) is 19.9. The zero-order valence-corrected chi connectivity index (χ0v) is 25.2. The maximum absolute atomic E-state index is 13.7. The van der Waals surface area contributed by atoms with Crippen LogP contribution in [0.15, 0.2) is 42.5 Å². The molecule has 1 spiro atoms. The highest BCUT2D eigenvalue weighted by molar-refractivity contribution is 5.96. The Labute approximate surface area is 245 Å². The zero-order chi connectivity index (χ0) is 28.8. The molecule has 2 amide bonds. The van der Waals surface area contributed by atoms with E-state index in [1.54, 1.807) is 0 Å². The Kier molecular flexibility index (Phi) is 9.41. The minimum atomic E-state index is -0.534. The van der Waals surface area contributed by atoms with Gasteiger partial charge in [0.15, 0.2) is 6.10 Å². The highest BCUT2D eigenvalue weighted by Gasteiger charge is 2.38. The van der Waals surface area contributed by atoms with Crippen molar-refractivity contribution in [1.29, 1.82) is 0 Å². The number of ether oxygens (including phenoxy) is 2. The van der Waals surface area contributed by atoms with E-state index in [0.29, 0.717) is 26.2 Å². The van der Waals surface area contributed by atoms with Crippen molar-refractivity contribution in [3.63, 3.8) is 0 Å². The maximum atomic E-state index is 13.7. The van der Waals surface area contributed by atoms with Crippen LogP contribution in [0.25, 0.3) is 0 Å². The maximum Gasteiger partial charge on any atom is 0.263 e. The van der Waals surface area contributed by atoms with Crippen LogP contribution in [0.4, 0.5) is 5.69 Å². The molecule has 3 aliphatic heterocycles. The molecule has 2 fully saturated rings. The van der Waals surface area contributed by atoms with E-state index in [4.69, 9.17) is 9.47 Å². The highest BCUT2D eigenvalue weighted by atomic mass is 16.5. The predicted octanol–water partition coefficient (Wildman–Crippen LogP) is 5.95. The summed E-state index contributed by atoms with van der Waals surface area (Å²) in [6.07, 6.45) is 8.77. The van der Waals surface area contributed by atoms with E-state index in [1.807, 2.05) is 60.2 Å². The van der Waals surface area contributed by atoms with Crippen LogP contribution in [0.1, 0.15) is 81.1 Å². The average Bonchev–Trinajstić information content (AvgIpc) is 3.53. The fourth-order valence-corrected chi connectivity index (χ4v) is 6.82. The number of nitrogens with zero attached hydrogens (tertiary/aromatic N) is 3. The van der Waals surface area contributed by atoms with Crippen molar-refractivity contribution in [3.8, 4) is 11.5 Å². The molecule has 2 saturated heterocycles.